The van der Waals surface area contributed by atoms with E-state index >= 15 is 0 Å². The van der Waals surface area contributed by atoms with Crippen LogP contribution in [0.3, 0.4) is 0 Å². The van der Waals surface area contributed by atoms with E-state index in [1.165, 1.54) is 11.1 Å². The first-order chi connectivity index (χ1) is 9.90. The molecule has 0 radical (unpaired) electrons. The standard InChI is InChI=1S/C17H16N2O/c1-2-7-14(8-3-1)17-18-19-11-10-13-6-4-5-9-15(13)16(12-19)20-17/h1-9,16H,10-12H2/t16-/m1/s1. The Hall–Kier alpha value is -2.29. The Morgan fingerprint density at radius 3 is 2.70 bits per heavy atom. The van der Waals surface area contributed by atoms with Crippen LogP contribution in [0.2, 0.25) is 0 Å². The van der Waals surface area contributed by atoms with Crippen LogP contribution >= 0.6 is 0 Å². The van der Waals surface area contributed by atoms with Crippen LogP contribution in [-0.4, -0.2) is 24.0 Å². The number of nitrogens with zero attached hydrogens (tertiary/aromatic N) is 2. The fourth-order valence-electron chi connectivity index (χ4n) is 2.89. The first-order valence-corrected chi connectivity index (χ1v) is 7.03. The summed E-state index contributed by atoms with van der Waals surface area (Å²) >= 11 is 0. The van der Waals surface area contributed by atoms with Gasteiger partial charge in [-0.2, -0.15) is 0 Å². The second kappa shape index (κ2) is 4.67. The lowest BCUT2D eigenvalue weighted by Crippen LogP contribution is -2.32. The second-order valence-corrected chi connectivity index (χ2v) is 5.24. The van der Waals surface area contributed by atoms with Gasteiger partial charge in [-0.25, -0.2) is 0 Å². The van der Waals surface area contributed by atoms with E-state index in [2.05, 4.69) is 34.4 Å². The van der Waals surface area contributed by atoms with E-state index in [9.17, 15) is 0 Å². The predicted molar refractivity (Wildman–Crippen MR) is 78.5 cm³/mol. The van der Waals surface area contributed by atoms with E-state index in [4.69, 9.17) is 4.74 Å². The Morgan fingerprint density at radius 1 is 1.00 bits per heavy atom. The van der Waals surface area contributed by atoms with Gasteiger partial charge in [0.15, 0.2) is 0 Å². The summed E-state index contributed by atoms with van der Waals surface area (Å²) in [7, 11) is 0. The maximum atomic E-state index is 6.16. The zero-order valence-electron chi connectivity index (χ0n) is 11.2. The Morgan fingerprint density at radius 2 is 1.80 bits per heavy atom. The summed E-state index contributed by atoms with van der Waals surface area (Å²) in [6.07, 6.45) is 1.11. The van der Waals surface area contributed by atoms with Crippen LogP contribution in [0.1, 0.15) is 22.8 Å². The molecule has 0 saturated carbocycles. The van der Waals surface area contributed by atoms with E-state index in [0.29, 0.717) is 0 Å². The first kappa shape index (κ1) is 11.5. The molecule has 4 rings (SSSR count). The van der Waals surface area contributed by atoms with Crippen LogP contribution in [0.25, 0.3) is 0 Å². The van der Waals surface area contributed by atoms with Crippen molar-refractivity contribution in [1.29, 1.82) is 0 Å². The average molecular weight is 264 g/mol. The van der Waals surface area contributed by atoms with Gasteiger partial charge in [-0.1, -0.05) is 42.5 Å². The molecule has 0 amide bonds. The van der Waals surface area contributed by atoms with Crippen molar-refractivity contribution in [3.8, 4) is 0 Å². The molecule has 3 nitrogen and oxygen atoms in total. The van der Waals surface area contributed by atoms with Crippen molar-refractivity contribution < 1.29 is 4.74 Å². The minimum absolute atomic E-state index is 0.0846. The fourth-order valence-corrected chi connectivity index (χ4v) is 2.89. The molecule has 100 valence electrons. The van der Waals surface area contributed by atoms with Crippen molar-refractivity contribution in [1.82, 2.24) is 5.01 Å². The molecule has 0 N–H and O–H groups in total. The van der Waals surface area contributed by atoms with E-state index in [-0.39, 0.29) is 6.10 Å². The molecule has 2 aromatic carbocycles. The number of rotatable bonds is 1. The van der Waals surface area contributed by atoms with Gasteiger partial charge in [-0.15, -0.1) is 5.10 Å². The summed E-state index contributed by atoms with van der Waals surface area (Å²) in [6, 6.07) is 18.7. The zero-order chi connectivity index (χ0) is 13.4. The maximum Gasteiger partial charge on any atom is 0.238 e. The zero-order valence-corrected chi connectivity index (χ0v) is 11.2. The molecular formula is C17H16N2O. The molecule has 20 heavy (non-hydrogen) atoms. The Bertz CT molecular complexity index is 651. The summed E-state index contributed by atoms with van der Waals surface area (Å²) in [5.41, 5.74) is 3.73. The molecule has 2 aromatic rings. The molecule has 0 saturated heterocycles. The van der Waals surface area contributed by atoms with Gasteiger partial charge < -0.3 is 4.74 Å². The van der Waals surface area contributed by atoms with Gasteiger partial charge in [-0.05, 0) is 29.7 Å². The Labute approximate surface area is 118 Å². The average Bonchev–Trinajstić information content (AvgIpc) is 2.65. The number of benzene rings is 2. The van der Waals surface area contributed by atoms with Gasteiger partial charge >= 0.3 is 0 Å². The largest absolute Gasteiger partial charge is 0.466 e. The van der Waals surface area contributed by atoms with Gasteiger partial charge in [0, 0.05) is 12.1 Å². The number of hydrazone groups is 1. The highest BCUT2D eigenvalue weighted by Gasteiger charge is 2.29. The molecule has 3 heteroatoms. The van der Waals surface area contributed by atoms with Crippen LogP contribution in [0.5, 0.6) is 0 Å². The highest BCUT2D eigenvalue weighted by molar-refractivity contribution is 5.94. The van der Waals surface area contributed by atoms with E-state index < -0.39 is 0 Å². The minimum Gasteiger partial charge on any atom is -0.466 e. The lowest BCUT2D eigenvalue weighted by atomic mass is 10.0. The molecule has 2 aliphatic heterocycles. The Balaban J connectivity index is 1.73. The van der Waals surface area contributed by atoms with Gasteiger partial charge in [0.2, 0.25) is 5.90 Å². The van der Waals surface area contributed by atoms with Crippen molar-refractivity contribution >= 4 is 5.90 Å². The van der Waals surface area contributed by atoms with Crippen LogP contribution < -0.4 is 0 Å². The SMILES string of the molecule is c1ccc(C2=NN3CCc4ccccc4[C@@H](C3)O2)cc1. The van der Waals surface area contributed by atoms with Gasteiger partial charge in [-0.3, -0.25) is 5.01 Å². The normalized spacial score (nSPS) is 20.5. The lowest BCUT2D eigenvalue weighted by molar-refractivity contribution is 0.0982. The summed E-state index contributed by atoms with van der Waals surface area (Å²) in [5, 5.41) is 6.78. The highest BCUT2D eigenvalue weighted by Crippen LogP contribution is 2.30. The van der Waals surface area contributed by atoms with Gasteiger partial charge in [0.05, 0.1) is 6.54 Å². The van der Waals surface area contributed by atoms with E-state index in [1.807, 2.05) is 30.3 Å². The molecule has 0 unspecified atom stereocenters. The molecule has 0 fully saturated rings. The predicted octanol–water partition coefficient (Wildman–Crippen LogP) is 2.98. The molecular weight excluding hydrogens is 248 g/mol. The molecule has 2 aliphatic rings. The van der Waals surface area contributed by atoms with Crippen molar-refractivity contribution in [3.05, 3.63) is 71.3 Å². The Kier molecular flexibility index (Phi) is 2.69. The van der Waals surface area contributed by atoms with Gasteiger partial charge in [0.1, 0.15) is 6.10 Å². The third-order valence-electron chi connectivity index (χ3n) is 3.92. The topological polar surface area (TPSA) is 24.8 Å². The molecule has 1 atom stereocenters. The van der Waals surface area contributed by atoms with Crippen molar-refractivity contribution in [2.75, 3.05) is 13.1 Å². The third kappa shape index (κ3) is 1.95. The molecule has 0 aromatic heterocycles. The van der Waals surface area contributed by atoms with E-state index in [0.717, 1.165) is 31.0 Å². The molecule has 2 heterocycles. The summed E-state index contributed by atoms with van der Waals surface area (Å²) in [5.74, 6) is 0.735. The summed E-state index contributed by atoms with van der Waals surface area (Å²) in [6.45, 7) is 1.79. The number of fused-ring (bicyclic) bond motifs is 4. The summed E-state index contributed by atoms with van der Waals surface area (Å²) < 4.78 is 6.16. The lowest BCUT2D eigenvalue weighted by Gasteiger charge is -2.30. The second-order valence-electron chi connectivity index (χ2n) is 5.24. The minimum atomic E-state index is 0.0846. The smallest absolute Gasteiger partial charge is 0.238 e. The van der Waals surface area contributed by atoms with Crippen molar-refractivity contribution in [2.45, 2.75) is 12.5 Å². The number of ether oxygens (including phenoxy) is 1. The quantitative estimate of drug-likeness (QED) is 0.791. The molecule has 0 aliphatic carbocycles. The van der Waals surface area contributed by atoms with Crippen LogP contribution in [0.4, 0.5) is 0 Å². The number of hydrogen-bond donors (Lipinski definition) is 0. The van der Waals surface area contributed by atoms with Crippen molar-refractivity contribution in [2.24, 2.45) is 5.10 Å². The highest BCUT2D eigenvalue weighted by atomic mass is 16.5. The summed E-state index contributed by atoms with van der Waals surface area (Å²) in [4.78, 5) is 0. The molecule has 2 bridgehead atoms. The fraction of sp³-hybridized carbons (Fsp3) is 0.235. The molecule has 0 spiro atoms. The van der Waals surface area contributed by atoms with E-state index in [1.54, 1.807) is 0 Å². The number of hydrogen-bond acceptors (Lipinski definition) is 3. The monoisotopic (exact) mass is 264 g/mol. The maximum absolute atomic E-state index is 6.16. The van der Waals surface area contributed by atoms with Crippen molar-refractivity contribution in [3.63, 3.8) is 0 Å². The van der Waals surface area contributed by atoms with Crippen LogP contribution in [-0.2, 0) is 11.2 Å². The van der Waals surface area contributed by atoms with Crippen LogP contribution in [0.15, 0.2) is 59.7 Å². The third-order valence-corrected chi connectivity index (χ3v) is 3.92. The first-order valence-electron chi connectivity index (χ1n) is 7.03. The van der Waals surface area contributed by atoms with Crippen LogP contribution in [0, 0.1) is 0 Å². The van der Waals surface area contributed by atoms with Gasteiger partial charge in [0.25, 0.3) is 0 Å².